The van der Waals surface area contributed by atoms with Crippen LogP contribution >= 0.6 is 15.9 Å². The van der Waals surface area contributed by atoms with Crippen LogP contribution in [-0.2, 0) is 11.0 Å². The highest BCUT2D eigenvalue weighted by molar-refractivity contribution is 9.10. The van der Waals surface area contributed by atoms with E-state index < -0.39 is 8.32 Å². The van der Waals surface area contributed by atoms with Gasteiger partial charge in [0, 0.05) is 34.9 Å². The zero-order chi connectivity index (χ0) is 28.8. The van der Waals surface area contributed by atoms with E-state index in [2.05, 4.69) is 80.3 Å². The molecule has 9 heteroatoms. The highest BCUT2D eigenvalue weighted by Gasteiger charge is 2.39. The zero-order valence-electron chi connectivity index (χ0n) is 25.0. The van der Waals surface area contributed by atoms with Crippen molar-refractivity contribution in [1.82, 2.24) is 9.97 Å². The Kier molecular flexibility index (Phi) is 10.3. The molecule has 2 aromatic heterocycles. The van der Waals surface area contributed by atoms with E-state index in [0.29, 0.717) is 13.2 Å². The van der Waals surface area contributed by atoms with E-state index in [9.17, 15) is 0 Å². The van der Waals surface area contributed by atoms with Crippen LogP contribution in [0.1, 0.15) is 59.4 Å². The van der Waals surface area contributed by atoms with Crippen molar-refractivity contribution < 1.29 is 13.9 Å². The van der Waals surface area contributed by atoms with E-state index in [1.54, 1.807) is 14.2 Å². The van der Waals surface area contributed by atoms with Gasteiger partial charge in [0.2, 0.25) is 0 Å². The fraction of sp³-hybridized carbons (Fsp3) is 0.533. The standard InChI is InChI=1S/C30H45BrN4O3Si/c1-10-11-14-30(5,20-38-39(8,9)29(2,3)4)35-25-17-27(34-24-15-22(31)19-33-28(24)25)32-18-21-12-13-23(36-6)16-26(21)37-7/h12-13,15-17,19H,10-11,14,18,20H2,1-9H3,(H2,32,34,35)/t30-/m1/s1. The van der Waals surface area contributed by atoms with Crippen LogP contribution in [0, 0.1) is 0 Å². The summed E-state index contributed by atoms with van der Waals surface area (Å²) in [7, 11) is 1.40. The molecule has 0 fully saturated rings. The van der Waals surface area contributed by atoms with Gasteiger partial charge >= 0.3 is 0 Å². The fourth-order valence-corrected chi connectivity index (χ4v) is 5.51. The van der Waals surface area contributed by atoms with Gasteiger partial charge in [-0.15, -0.1) is 0 Å². The van der Waals surface area contributed by atoms with E-state index in [1.807, 2.05) is 30.5 Å². The molecule has 7 nitrogen and oxygen atoms in total. The summed E-state index contributed by atoms with van der Waals surface area (Å²) >= 11 is 3.56. The molecule has 214 valence electrons. The van der Waals surface area contributed by atoms with E-state index in [1.165, 1.54) is 0 Å². The molecule has 0 saturated heterocycles. The average molecular weight is 618 g/mol. The lowest BCUT2D eigenvalue weighted by Crippen LogP contribution is -2.48. The monoisotopic (exact) mass is 616 g/mol. The molecule has 2 N–H and O–H groups in total. The third kappa shape index (κ3) is 8.08. The van der Waals surface area contributed by atoms with E-state index in [-0.39, 0.29) is 10.6 Å². The Balaban J connectivity index is 1.94. The molecule has 1 atom stereocenters. The largest absolute Gasteiger partial charge is 0.497 e. The molecule has 3 rings (SSSR count). The molecule has 0 radical (unpaired) electrons. The van der Waals surface area contributed by atoms with Gasteiger partial charge in [-0.1, -0.05) is 40.5 Å². The Morgan fingerprint density at radius 1 is 1.03 bits per heavy atom. The molecular weight excluding hydrogens is 572 g/mol. The molecule has 2 heterocycles. The number of ether oxygens (including phenoxy) is 2. The van der Waals surface area contributed by atoms with Crippen molar-refractivity contribution in [2.45, 2.75) is 84.1 Å². The van der Waals surface area contributed by atoms with Gasteiger partial charge in [-0.05, 0) is 65.6 Å². The molecule has 39 heavy (non-hydrogen) atoms. The topological polar surface area (TPSA) is 77.5 Å². The molecule has 0 amide bonds. The van der Waals surface area contributed by atoms with Crippen LogP contribution in [0.2, 0.25) is 18.1 Å². The Bertz CT molecular complexity index is 1260. The molecule has 0 unspecified atom stereocenters. The number of aromatic nitrogens is 2. The first kappa shape index (κ1) is 31.2. The molecule has 0 spiro atoms. The quantitative estimate of drug-likeness (QED) is 0.187. The number of fused-ring (bicyclic) bond motifs is 1. The number of benzene rings is 1. The lowest BCUT2D eigenvalue weighted by Gasteiger charge is -2.41. The van der Waals surface area contributed by atoms with Crippen molar-refractivity contribution in [1.29, 1.82) is 0 Å². The highest BCUT2D eigenvalue weighted by atomic mass is 79.9. The number of unbranched alkanes of at least 4 members (excludes halogenated alkanes) is 1. The number of rotatable bonds is 13. The molecule has 0 saturated carbocycles. The molecule has 0 aliphatic carbocycles. The first-order valence-electron chi connectivity index (χ1n) is 13.6. The second-order valence-electron chi connectivity index (χ2n) is 11.9. The van der Waals surface area contributed by atoms with E-state index in [4.69, 9.17) is 23.9 Å². The summed E-state index contributed by atoms with van der Waals surface area (Å²) in [5.74, 6) is 2.28. The van der Waals surface area contributed by atoms with Crippen LogP contribution in [0.5, 0.6) is 11.5 Å². The lowest BCUT2D eigenvalue weighted by molar-refractivity contribution is 0.214. The van der Waals surface area contributed by atoms with Crippen molar-refractivity contribution in [3.05, 3.63) is 46.6 Å². The van der Waals surface area contributed by atoms with Crippen molar-refractivity contribution in [2.24, 2.45) is 0 Å². The summed E-state index contributed by atoms with van der Waals surface area (Å²) in [6.07, 6.45) is 5.04. The first-order chi connectivity index (χ1) is 18.3. The van der Waals surface area contributed by atoms with Gasteiger partial charge in [0.05, 0.1) is 37.6 Å². The predicted octanol–water partition coefficient (Wildman–Crippen LogP) is 8.40. The number of halogens is 1. The predicted molar refractivity (Wildman–Crippen MR) is 169 cm³/mol. The number of hydrogen-bond donors (Lipinski definition) is 2. The van der Waals surface area contributed by atoms with Crippen LogP contribution < -0.4 is 20.1 Å². The van der Waals surface area contributed by atoms with Crippen LogP contribution in [-0.4, -0.2) is 44.7 Å². The molecule has 0 bridgehead atoms. The Morgan fingerprint density at radius 2 is 1.77 bits per heavy atom. The highest BCUT2D eigenvalue weighted by Crippen LogP contribution is 2.38. The number of nitrogens with zero attached hydrogens (tertiary/aromatic N) is 2. The minimum atomic E-state index is -1.92. The normalized spacial score (nSPS) is 13.7. The fourth-order valence-electron chi connectivity index (χ4n) is 4.08. The number of nitrogens with one attached hydrogen (secondary N) is 2. The summed E-state index contributed by atoms with van der Waals surface area (Å²) in [4.78, 5) is 9.61. The first-order valence-corrected chi connectivity index (χ1v) is 17.3. The second kappa shape index (κ2) is 12.9. The zero-order valence-corrected chi connectivity index (χ0v) is 27.6. The van der Waals surface area contributed by atoms with Gasteiger partial charge < -0.3 is 24.5 Å². The maximum atomic E-state index is 6.73. The number of pyridine rings is 2. The Labute approximate surface area is 243 Å². The summed E-state index contributed by atoms with van der Waals surface area (Å²) < 4.78 is 18.5. The molecule has 0 aliphatic heterocycles. The van der Waals surface area contributed by atoms with Crippen LogP contribution in [0.15, 0.2) is 41.0 Å². The van der Waals surface area contributed by atoms with Gasteiger partial charge in [0.15, 0.2) is 8.32 Å². The van der Waals surface area contributed by atoms with Gasteiger partial charge in [-0.3, -0.25) is 4.98 Å². The number of hydrogen-bond acceptors (Lipinski definition) is 7. The maximum Gasteiger partial charge on any atom is 0.192 e. The third-order valence-electron chi connectivity index (χ3n) is 7.64. The van der Waals surface area contributed by atoms with Gasteiger partial charge in [-0.25, -0.2) is 4.98 Å². The molecule has 0 aliphatic rings. The van der Waals surface area contributed by atoms with Crippen molar-refractivity contribution >= 4 is 46.8 Å². The van der Waals surface area contributed by atoms with Crippen LogP contribution in [0.3, 0.4) is 0 Å². The maximum absolute atomic E-state index is 6.73. The summed E-state index contributed by atoms with van der Waals surface area (Å²) in [6.45, 7) is 17.1. The molecule has 1 aromatic carbocycles. The van der Waals surface area contributed by atoms with E-state index >= 15 is 0 Å². The lowest BCUT2D eigenvalue weighted by atomic mass is 9.95. The van der Waals surface area contributed by atoms with Crippen LogP contribution in [0.25, 0.3) is 11.0 Å². The minimum Gasteiger partial charge on any atom is -0.497 e. The van der Waals surface area contributed by atoms with Crippen molar-refractivity contribution in [3.63, 3.8) is 0 Å². The SMILES string of the molecule is CCCC[C@](C)(CO[Si](C)(C)C(C)(C)C)Nc1cc(NCc2ccc(OC)cc2OC)nc2cc(Br)cnc12. The number of methoxy groups -OCH3 is 2. The van der Waals surface area contributed by atoms with Gasteiger partial charge in [0.1, 0.15) is 22.8 Å². The van der Waals surface area contributed by atoms with Gasteiger partial charge in [0.25, 0.3) is 0 Å². The second-order valence-corrected chi connectivity index (χ2v) is 17.7. The Hall–Kier alpha value is -2.36. The summed E-state index contributed by atoms with van der Waals surface area (Å²) in [5.41, 5.74) is 3.33. The molecule has 3 aromatic rings. The average Bonchev–Trinajstić information content (AvgIpc) is 2.88. The summed E-state index contributed by atoms with van der Waals surface area (Å²) in [5, 5.41) is 7.49. The number of anilines is 2. The van der Waals surface area contributed by atoms with Crippen LogP contribution in [0.4, 0.5) is 11.5 Å². The summed E-state index contributed by atoms with van der Waals surface area (Å²) in [6, 6.07) is 9.88. The molecular formula is C30H45BrN4O3Si. The third-order valence-corrected chi connectivity index (χ3v) is 12.6. The van der Waals surface area contributed by atoms with E-state index in [0.717, 1.165) is 63.3 Å². The smallest absolute Gasteiger partial charge is 0.192 e. The van der Waals surface area contributed by atoms with Gasteiger partial charge in [-0.2, -0.15) is 0 Å². The Morgan fingerprint density at radius 3 is 2.41 bits per heavy atom. The van der Waals surface area contributed by atoms with Crippen molar-refractivity contribution in [3.8, 4) is 11.5 Å². The minimum absolute atomic E-state index is 0.148. The van der Waals surface area contributed by atoms with Crippen molar-refractivity contribution in [2.75, 3.05) is 31.5 Å².